The first-order chi connectivity index (χ1) is 7.95. The Morgan fingerprint density at radius 2 is 2.00 bits per heavy atom. The Kier molecular flexibility index (Phi) is 4.61. The van der Waals surface area contributed by atoms with Gasteiger partial charge in [-0.15, -0.1) is 0 Å². The standard InChI is InChI=1S/C13H23N3O/c1-6-10(4)16(5)12-8-7-11(14)13(15-12)17-9(2)3/h7-10H,6,14H2,1-5H3. The van der Waals surface area contributed by atoms with Crippen molar-refractivity contribution in [3.05, 3.63) is 12.1 Å². The third-order valence-electron chi connectivity index (χ3n) is 2.84. The Morgan fingerprint density at radius 3 is 2.53 bits per heavy atom. The second-order valence-electron chi connectivity index (χ2n) is 4.60. The zero-order chi connectivity index (χ0) is 13.0. The summed E-state index contributed by atoms with van der Waals surface area (Å²) in [5.41, 5.74) is 6.42. The van der Waals surface area contributed by atoms with Gasteiger partial charge in [-0.05, 0) is 39.3 Å². The first-order valence-electron chi connectivity index (χ1n) is 6.11. The minimum absolute atomic E-state index is 0.0777. The summed E-state index contributed by atoms with van der Waals surface area (Å²) in [6.07, 6.45) is 1.15. The van der Waals surface area contributed by atoms with E-state index in [0.29, 0.717) is 17.6 Å². The zero-order valence-corrected chi connectivity index (χ0v) is 11.4. The van der Waals surface area contributed by atoms with Gasteiger partial charge in [0.05, 0.1) is 11.8 Å². The molecule has 0 aliphatic carbocycles. The largest absolute Gasteiger partial charge is 0.473 e. The van der Waals surface area contributed by atoms with Crippen molar-refractivity contribution in [2.75, 3.05) is 17.7 Å². The zero-order valence-electron chi connectivity index (χ0n) is 11.4. The first-order valence-corrected chi connectivity index (χ1v) is 6.11. The highest BCUT2D eigenvalue weighted by atomic mass is 16.5. The van der Waals surface area contributed by atoms with E-state index in [0.717, 1.165) is 12.2 Å². The minimum atomic E-state index is 0.0777. The van der Waals surface area contributed by atoms with Gasteiger partial charge in [0.1, 0.15) is 5.82 Å². The van der Waals surface area contributed by atoms with Crippen LogP contribution in [0.25, 0.3) is 0 Å². The monoisotopic (exact) mass is 237 g/mol. The molecule has 0 amide bonds. The van der Waals surface area contributed by atoms with Crippen molar-refractivity contribution in [3.8, 4) is 5.88 Å². The average Bonchev–Trinajstić information content (AvgIpc) is 2.29. The summed E-state index contributed by atoms with van der Waals surface area (Å²) in [6.45, 7) is 8.25. The van der Waals surface area contributed by atoms with Gasteiger partial charge in [-0.2, -0.15) is 4.98 Å². The van der Waals surface area contributed by atoms with Crippen molar-refractivity contribution < 1.29 is 4.74 Å². The van der Waals surface area contributed by atoms with Crippen LogP contribution in [0.4, 0.5) is 11.5 Å². The summed E-state index contributed by atoms with van der Waals surface area (Å²) < 4.78 is 5.59. The van der Waals surface area contributed by atoms with E-state index in [2.05, 4.69) is 23.7 Å². The van der Waals surface area contributed by atoms with Crippen molar-refractivity contribution in [1.29, 1.82) is 0 Å². The van der Waals surface area contributed by atoms with Gasteiger partial charge in [0.2, 0.25) is 5.88 Å². The fraction of sp³-hybridized carbons (Fsp3) is 0.615. The Bertz CT molecular complexity index is 366. The highest BCUT2D eigenvalue weighted by Crippen LogP contribution is 2.24. The van der Waals surface area contributed by atoms with Gasteiger partial charge < -0.3 is 15.4 Å². The van der Waals surface area contributed by atoms with Gasteiger partial charge in [-0.25, -0.2) is 0 Å². The number of nitrogens with zero attached hydrogens (tertiary/aromatic N) is 2. The summed E-state index contributed by atoms with van der Waals surface area (Å²) >= 11 is 0. The number of aromatic nitrogens is 1. The molecule has 4 heteroatoms. The number of anilines is 2. The lowest BCUT2D eigenvalue weighted by atomic mass is 10.2. The lowest BCUT2D eigenvalue weighted by Crippen LogP contribution is -2.29. The summed E-state index contributed by atoms with van der Waals surface area (Å²) in [4.78, 5) is 6.59. The van der Waals surface area contributed by atoms with Gasteiger partial charge >= 0.3 is 0 Å². The molecule has 1 aromatic rings. The molecule has 1 heterocycles. The Labute approximate surface area is 104 Å². The molecule has 4 nitrogen and oxygen atoms in total. The number of pyridine rings is 1. The third-order valence-corrected chi connectivity index (χ3v) is 2.84. The summed E-state index contributed by atoms with van der Waals surface area (Å²) in [5, 5.41) is 0. The molecular weight excluding hydrogens is 214 g/mol. The summed E-state index contributed by atoms with van der Waals surface area (Å²) in [7, 11) is 2.03. The maximum atomic E-state index is 5.84. The highest BCUT2D eigenvalue weighted by molar-refractivity contribution is 5.54. The molecular formula is C13H23N3O. The van der Waals surface area contributed by atoms with E-state index in [4.69, 9.17) is 10.5 Å². The van der Waals surface area contributed by atoms with E-state index in [1.807, 2.05) is 33.0 Å². The van der Waals surface area contributed by atoms with Crippen LogP contribution in [0.2, 0.25) is 0 Å². The molecule has 0 aromatic carbocycles. The van der Waals surface area contributed by atoms with Crippen LogP contribution >= 0.6 is 0 Å². The van der Waals surface area contributed by atoms with Crippen LogP contribution in [0.5, 0.6) is 5.88 Å². The minimum Gasteiger partial charge on any atom is -0.473 e. The van der Waals surface area contributed by atoms with E-state index in [1.165, 1.54) is 0 Å². The summed E-state index contributed by atoms with van der Waals surface area (Å²) in [6, 6.07) is 4.21. The molecule has 17 heavy (non-hydrogen) atoms. The van der Waals surface area contributed by atoms with Gasteiger partial charge in [-0.1, -0.05) is 6.92 Å². The Morgan fingerprint density at radius 1 is 1.35 bits per heavy atom. The van der Waals surface area contributed by atoms with Crippen LogP contribution in [0.1, 0.15) is 34.1 Å². The lowest BCUT2D eigenvalue weighted by Gasteiger charge is -2.25. The van der Waals surface area contributed by atoms with Crippen LogP contribution in [0.3, 0.4) is 0 Å². The number of rotatable bonds is 5. The van der Waals surface area contributed by atoms with E-state index in [9.17, 15) is 0 Å². The number of ether oxygens (including phenoxy) is 1. The number of nitrogen functional groups attached to an aromatic ring is 1. The molecule has 0 saturated carbocycles. The number of nitrogens with two attached hydrogens (primary N) is 1. The molecule has 0 radical (unpaired) electrons. The van der Waals surface area contributed by atoms with E-state index < -0.39 is 0 Å². The van der Waals surface area contributed by atoms with Gasteiger partial charge in [0.25, 0.3) is 0 Å². The quantitative estimate of drug-likeness (QED) is 0.855. The molecule has 1 rings (SSSR count). The Hall–Kier alpha value is -1.45. The molecule has 1 unspecified atom stereocenters. The molecule has 0 bridgehead atoms. The van der Waals surface area contributed by atoms with E-state index >= 15 is 0 Å². The molecule has 0 aliphatic rings. The van der Waals surface area contributed by atoms with Crippen LogP contribution in [-0.4, -0.2) is 24.2 Å². The van der Waals surface area contributed by atoms with Gasteiger partial charge in [0.15, 0.2) is 0 Å². The van der Waals surface area contributed by atoms with Gasteiger partial charge in [0, 0.05) is 13.1 Å². The molecule has 0 spiro atoms. The predicted octanol–water partition coefficient (Wildman–Crippen LogP) is 2.69. The van der Waals surface area contributed by atoms with Crippen LogP contribution in [-0.2, 0) is 0 Å². The van der Waals surface area contributed by atoms with Crippen molar-refractivity contribution in [3.63, 3.8) is 0 Å². The van der Waals surface area contributed by atoms with Crippen LogP contribution in [0, 0.1) is 0 Å². The molecule has 0 fully saturated rings. The van der Waals surface area contributed by atoms with E-state index in [1.54, 1.807) is 0 Å². The topological polar surface area (TPSA) is 51.4 Å². The first kappa shape index (κ1) is 13.6. The maximum Gasteiger partial charge on any atom is 0.239 e. The lowest BCUT2D eigenvalue weighted by molar-refractivity contribution is 0.234. The van der Waals surface area contributed by atoms with Gasteiger partial charge in [-0.3, -0.25) is 0 Å². The summed E-state index contributed by atoms with van der Waals surface area (Å²) in [5.74, 6) is 1.41. The van der Waals surface area contributed by atoms with Crippen LogP contribution in [0.15, 0.2) is 12.1 Å². The third kappa shape index (κ3) is 3.51. The van der Waals surface area contributed by atoms with Crippen molar-refractivity contribution in [2.24, 2.45) is 0 Å². The number of hydrogen-bond donors (Lipinski definition) is 1. The maximum absolute atomic E-state index is 5.84. The molecule has 2 N–H and O–H groups in total. The molecule has 1 aromatic heterocycles. The highest BCUT2D eigenvalue weighted by Gasteiger charge is 2.12. The molecule has 96 valence electrons. The predicted molar refractivity (Wildman–Crippen MR) is 72.6 cm³/mol. The molecule has 1 atom stereocenters. The average molecular weight is 237 g/mol. The molecule has 0 saturated heterocycles. The van der Waals surface area contributed by atoms with Crippen molar-refractivity contribution >= 4 is 11.5 Å². The fourth-order valence-corrected chi connectivity index (χ4v) is 1.46. The van der Waals surface area contributed by atoms with Crippen LogP contribution < -0.4 is 15.4 Å². The normalized spacial score (nSPS) is 12.6. The second kappa shape index (κ2) is 5.75. The van der Waals surface area contributed by atoms with Crippen molar-refractivity contribution in [2.45, 2.75) is 46.3 Å². The molecule has 0 aliphatic heterocycles. The second-order valence-corrected chi connectivity index (χ2v) is 4.60. The fourth-order valence-electron chi connectivity index (χ4n) is 1.46. The SMILES string of the molecule is CCC(C)N(C)c1ccc(N)c(OC(C)C)n1. The Balaban J connectivity index is 2.95. The number of hydrogen-bond acceptors (Lipinski definition) is 4. The van der Waals surface area contributed by atoms with Crippen molar-refractivity contribution in [1.82, 2.24) is 4.98 Å². The van der Waals surface area contributed by atoms with E-state index in [-0.39, 0.29) is 6.10 Å². The smallest absolute Gasteiger partial charge is 0.239 e.